The van der Waals surface area contributed by atoms with Crippen LogP contribution in [0.25, 0.3) is 5.65 Å². The van der Waals surface area contributed by atoms with Crippen LogP contribution in [0, 0.1) is 13.8 Å². The molecule has 0 saturated heterocycles. The first kappa shape index (κ1) is 17.8. The number of para-hydroxylation sites is 3. The molecule has 28 heavy (non-hydrogen) atoms. The van der Waals surface area contributed by atoms with E-state index in [0.717, 1.165) is 28.3 Å². The summed E-state index contributed by atoms with van der Waals surface area (Å²) in [5, 5.41) is 2.97. The molecule has 1 N–H and O–H groups in total. The van der Waals surface area contributed by atoms with Gasteiger partial charge in [0.2, 0.25) is 5.91 Å². The summed E-state index contributed by atoms with van der Waals surface area (Å²) in [5.74, 6) is 1.21. The second kappa shape index (κ2) is 7.56. The van der Waals surface area contributed by atoms with E-state index in [1.807, 2.05) is 91.2 Å². The Morgan fingerprint density at radius 2 is 1.75 bits per heavy atom. The molecule has 2 heterocycles. The van der Waals surface area contributed by atoms with E-state index >= 15 is 0 Å². The van der Waals surface area contributed by atoms with Gasteiger partial charge in [0.25, 0.3) is 0 Å². The lowest BCUT2D eigenvalue weighted by Crippen LogP contribution is -2.16. The minimum absolute atomic E-state index is 0.115. The number of pyridine rings is 1. The van der Waals surface area contributed by atoms with Gasteiger partial charge in [0, 0.05) is 6.20 Å². The van der Waals surface area contributed by atoms with Gasteiger partial charge in [-0.3, -0.25) is 4.79 Å². The Labute approximate surface area is 163 Å². The molecule has 4 aromatic rings. The van der Waals surface area contributed by atoms with Crippen molar-refractivity contribution in [1.29, 1.82) is 0 Å². The van der Waals surface area contributed by atoms with Crippen molar-refractivity contribution < 1.29 is 9.53 Å². The summed E-state index contributed by atoms with van der Waals surface area (Å²) in [6.45, 7) is 3.95. The molecule has 140 valence electrons. The van der Waals surface area contributed by atoms with E-state index in [9.17, 15) is 4.79 Å². The summed E-state index contributed by atoms with van der Waals surface area (Å²) in [6, 6.07) is 20.9. The minimum atomic E-state index is -0.115. The third-order valence-corrected chi connectivity index (χ3v) is 4.60. The lowest BCUT2D eigenvalue weighted by molar-refractivity contribution is -0.115. The van der Waals surface area contributed by atoms with Crippen LogP contribution < -0.4 is 10.1 Å². The van der Waals surface area contributed by atoms with Crippen LogP contribution in [0.2, 0.25) is 0 Å². The fraction of sp³-hybridized carbons (Fsp3) is 0.130. The van der Waals surface area contributed by atoms with Crippen molar-refractivity contribution >= 4 is 17.2 Å². The molecule has 0 fully saturated rings. The molecule has 5 nitrogen and oxygen atoms in total. The number of hydrogen-bond acceptors (Lipinski definition) is 3. The van der Waals surface area contributed by atoms with Gasteiger partial charge in [-0.05, 0) is 49.7 Å². The molecule has 0 saturated carbocycles. The lowest BCUT2D eigenvalue weighted by Gasteiger charge is -2.12. The number of aryl methyl sites for hydroxylation is 2. The molecule has 0 atom stereocenters. The molecule has 0 aliphatic heterocycles. The Balaban J connectivity index is 1.55. The normalized spacial score (nSPS) is 10.8. The quantitative estimate of drug-likeness (QED) is 0.541. The van der Waals surface area contributed by atoms with Gasteiger partial charge < -0.3 is 14.5 Å². The zero-order valence-electron chi connectivity index (χ0n) is 15.8. The summed E-state index contributed by atoms with van der Waals surface area (Å²) < 4.78 is 7.91. The Kier molecular flexibility index (Phi) is 4.81. The van der Waals surface area contributed by atoms with E-state index in [0.29, 0.717) is 11.4 Å². The number of rotatable bonds is 5. The lowest BCUT2D eigenvalue weighted by atomic mass is 10.2. The van der Waals surface area contributed by atoms with E-state index in [2.05, 4.69) is 10.3 Å². The summed E-state index contributed by atoms with van der Waals surface area (Å²) in [6.07, 6.45) is 2.17. The number of carbonyl (C=O) groups is 1. The van der Waals surface area contributed by atoms with Gasteiger partial charge in [-0.15, -0.1) is 0 Å². The largest absolute Gasteiger partial charge is 0.455 e. The Bertz CT molecular complexity index is 1130. The van der Waals surface area contributed by atoms with Gasteiger partial charge in [0.15, 0.2) is 5.75 Å². The van der Waals surface area contributed by atoms with Crippen molar-refractivity contribution in [3.63, 3.8) is 0 Å². The molecule has 1 amide bonds. The first-order valence-electron chi connectivity index (χ1n) is 9.17. The molecule has 0 bridgehead atoms. The second-order valence-corrected chi connectivity index (χ2v) is 6.66. The highest BCUT2D eigenvalue weighted by Gasteiger charge is 2.15. The number of ether oxygens (including phenoxy) is 1. The molecular formula is C23H21N3O2. The fourth-order valence-electron chi connectivity index (χ4n) is 3.20. The molecule has 0 aliphatic carbocycles. The minimum Gasteiger partial charge on any atom is -0.455 e. The standard InChI is InChI=1S/C23H21N3O2/c1-16-9-8-14-26-20(17(2)24-23(16)26)15-22(27)25-19-12-6-7-13-21(19)28-18-10-4-3-5-11-18/h3-14H,15H2,1-2H3,(H,25,27). The topological polar surface area (TPSA) is 55.6 Å². The SMILES string of the molecule is Cc1nc2c(C)cccn2c1CC(=O)Nc1ccccc1Oc1ccccc1. The maximum atomic E-state index is 12.8. The molecule has 0 radical (unpaired) electrons. The van der Waals surface area contributed by atoms with Crippen molar-refractivity contribution in [2.75, 3.05) is 5.32 Å². The molecule has 5 heteroatoms. The maximum Gasteiger partial charge on any atom is 0.230 e. The number of anilines is 1. The van der Waals surface area contributed by atoms with Crippen LogP contribution in [0.15, 0.2) is 72.9 Å². The van der Waals surface area contributed by atoms with Gasteiger partial charge in [-0.25, -0.2) is 4.98 Å². The number of imidazole rings is 1. The van der Waals surface area contributed by atoms with Crippen LogP contribution in [0.5, 0.6) is 11.5 Å². The summed E-state index contributed by atoms with van der Waals surface area (Å²) in [7, 11) is 0. The van der Waals surface area contributed by atoms with Crippen molar-refractivity contribution in [1.82, 2.24) is 9.38 Å². The van der Waals surface area contributed by atoms with Crippen molar-refractivity contribution in [3.8, 4) is 11.5 Å². The van der Waals surface area contributed by atoms with Gasteiger partial charge in [0.05, 0.1) is 23.5 Å². The van der Waals surface area contributed by atoms with Crippen molar-refractivity contribution in [2.45, 2.75) is 20.3 Å². The molecule has 2 aromatic carbocycles. The number of nitrogens with zero attached hydrogens (tertiary/aromatic N) is 2. The maximum absolute atomic E-state index is 12.8. The van der Waals surface area contributed by atoms with Crippen LogP contribution >= 0.6 is 0 Å². The molecule has 0 unspecified atom stereocenters. The molecule has 0 spiro atoms. The molecule has 4 rings (SSSR count). The third-order valence-electron chi connectivity index (χ3n) is 4.60. The van der Waals surface area contributed by atoms with Gasteiger partial charge in [0.1, 0.15) is 11.4 Å². The number of carbonyl (C=O) groups excluding carboxylic acids is 1. The molecular weight excluding hydrogens is 350 g/mol. The molecule has 2 aromatic heterocycles. The van der Waals surface area contributed by atoms with E-state index in [4.69, 9.17) is 4.74 Å². The van der Waals surface area contributed by atoms with E-state index in [-0.39, 0.29) is 12.3 Å². The predicted octanol–water partition coefficient (Wildman–Crippen LogP) is 4.92. The van der Waals surface area contributed by atoms with Gasteiger partial charge in [-0.1, -0.05) is 36.4 Å². The Morgan fingerprint density at radius 1 is 1.00 bits per heavy atom. The highest BCUT2D eigenvalue weighted by molar-refractivity contribution is 5.93. The van der Waals surface area contributed by atoms with Gasteiger partial charge in [-0.2, -0.15) is 0 Å². The predicted molar refractivity (Wildman–Crippen MR) is 110 cm³/mol. The van der Waals surface area contributed by atoms with E-state index in [1.54, 1.807) is 0 Å². The number of fused-ring (bicyclic) bond motifs is 1. The van der Waals surface area contributed by atoms with Crippen LogP contribution in [0.4, 0.5) is 5.69 Å². The van der Waals surface area contributed by atoms with Gasteiger partial charge >= 0.3 is 0 Å². The third kappa shape index (κ3) is 3.60. The smallest absolute Gasteiger partial charge is 0.230 e. The summed E-state index contributed by atoms with van der Waals surface area (Å²) in [5.41, 5.74) is 4.35. The number of amides is 1. The average molecular weight is 371 g/mol. The zero-order valence-corrected chi connectivity index (χ0v) is 15.8. The Morgan fingerprint density at radius 3 is 2.57 bits per heavy atom. The average Bonchev–Trinajstić information content (AvgIpc) is 3.01. The highest BCUT2D eigenvalue weighted by atomic mass is 16.5. The van der Waals surface area contributed by atoms with Crippen LogP contribution in [-0.4, -0.2) is 15.3 Å². The second-order valence-electron chi connectivity index (χ2n) is 6.66. The van der Waals surface area contributed by atoms with Crippen molar-refractivity contribution in [2.24, 2.45) is 0 Å². The number of benzene rings is 2. The van der Waals surface area contributed by atoms with Crippen LogP contribution in [-0.2, 0) is 11.2 Å². The van der Waals surface area contributed by atoms with Crippen LogP contribution in [0.3, 0.4) is 0 Å². The number of aromatic nitrogens is 2. The first-order valence-corrected chi connectivity index (χ1v) is 9.17. The van der Waals surface area contributed by atoms with E-state index < -0.39 is 0 Å². The fourth-order valence-corrected chi connectivity index (χ4v) is 3.20. The zero-order chi connectivity index (χ0) is 19.5. The van der Waals surface area contributed by atoms with Crippen molar-refractivity contribution in [3.05, 3.63) is 89.9 Å². The van der Waals surface area contributed by atoms with Crippen LogP contribution in [0.1, 0.15) is 17.0 Å². The van der Waals surface area contributed by atoms with E-state index in [1.165, 1.54) is 0 Å². The number of nitrogens with one attached hydrogen (secondary N) is 1. The Hall–Kier alpha value is -3.60. The monoisotopic (exact) mass is 371 g/mol. The number of hydrogen-bond donors (Lipinski definition) is 1. The first-order chi connectivity index (χ1) is 13.6. The molecule has 0 aliphatic rings. The highest BCUT2D eigenvalue weighted by Crippen LogP contribution is 2.29. The summed E-state index contributed by atoms with van der Waals surface area (Å²) in [4.78, 5) is 17.4. The summed E-state index contributed by atoms with van der Waals surface area (Å²) >= 11 is 0.